The van der Waals surface area contributed by atoms with Crippen LogP contribution in [0, 0.1) is 6.92 Å². The van der Waals surface area contributed by atoms with Crippen LogP contribution in [0.2, 0.25) is 0 Å². The molecule has 1 N–H and O–H groups in total. The SMILES string of the molecule is CCCCOC(=O)CN1C(=O)S/C(=C/c2ccc(OCC(=O)Nc3cccc(C)c3)c(OCC)c2)C1=O. The van der Waals surface area contributed by atoms with Crippen molar-refractivity contribution >= 4 is 46.5 Å². The molecular weight excluding hydrogens is 496 g/mol. The largest absolute Gasteiger partial charge is 0.490 e. The summed E-state index contributed by atoms with van der Waals surface area (Å²) in [5, 5.41) is 2.25. The molecule has 0 spiro atoms. The highest BCUT2D eigenvalue weighted by molar-refractivity contribution is 8.18. The second-order valence-corrected chi connectivity index (χ2v) is 9.18. The third-order valence-electron chi connectivity index (χ3n) is 5.15. The Bertz CT molecular complexity index is 1200. The van der Waals surface area contributed by atoms with E-state index in [2.05, 4.69) is 5.32 Å². The van der Waals surface area contributed by atoms with E-state index in [1.54, 1.807) is 30.3 Å². The molecule has 2 aromatic carbocycles. The molecule has 1 aliphatic heterocycles. The van der Waals surface area contributed by atoms with Crippen molar-refractivity contribution in [3.8, 4) is 11.5 Å². The van der Waals surface area contributed by atoms with Crippen LogP contribution in [0.5, 0.6) is 11.5 Å². The Morgan fingerprint density at radius 2 is 1.86 bits per heavy atom. The molecule has 0 radical (unpaired) electrons. The molecule has 1 saturated heterocycles. The molecule has 0 saturated carbocycles. The fourth-order valence-electron chi connectivity index (χ4n) is 3.36. The van der Waals surface area contributed by atoms with E-state index in [4.69, 9.17) is 14.2 Å². The molecule has 196 valence electrons. The van der Waals surface area contributed by atoms with Gasteiger partial charge in [0.05, 0.1) is 18.1 Å². The number of hydrogen-bond donors (Lipinski definition) is 1. The zero-order valence-corrected chi connectivity index (χ0v) is 21.9. The zero-order chi connectivity index (χ0) is 26.8. The molecule has 0 atom stereocenters. The average molecular weight is 527 g/mol. The molecule has 2 aromatic rings. The molecule has 0 aromatic heterocycles. The third-order valence-corrected chi connectivity index (χ3v) is 6.06. The smallest absolute Gasteiger partial charge is 0.326 e. The predicted molar refractivity (Wildman–Crippen MR) is 141 cm³/mol. The normalized spacial score (nSPS) is 14.1. The van der Waals surface area contributed by atoms with Gasteiger partial charge < -0.3 is 19.5 Å². The topological polar surface area (TPSA) is 111 Å². The van der Waals surface area contributed by atoms with E-state index in [0.29, 0.717) is 35.8 Å². The van der Waals surface area contributed by atoms with Crippen LogP contribution in [-0.2, 0) is 19.1 Å². The number of hydrogen-bond acceptors (Lipinski definition) is 8. The molecule has 37 heavy (non-hydrogen) atoms. The van der Waals surface area contributed by atoms with Crippen LogP contribution >= 0.6 is 11.8 Å². The molecule has 1 fully saturated rings. The maximum atomic E-state index is 12.7. The van der Waals surface area contributed by atoms with Crippen molar-refractivity contribution < 1.29 is 33.4 Å². The molecule has 9 nitrogen and oxygen atoms in total. The lowest BCUT2D eigenvalue weighted by atomic mass is 10.2. The van der Waals surface area contributed by atoms with E-state index in [9.17, 15) is 19.2 Å². The maximum Gasteiger partial charge on any atom is 0.326 e. The van der Waals surface area contributed by atoms with E-state index in [0.717, 1.165) is 28.6 Å². The number of imide groups is 1. The predicted octanol–water partition coefficient (Wildman–Crippen LogP) is 4.79. The van der Waals surface area contributed by atoms with Crippen molar-refractivity contribution in [2.45, 2.75) is 33.6 Å². The van der Waals surface area contributed by atoms with Gasteiger partial charge in [0.15, 0.2) is 18.1 Å². The number of rotatable bonds is 12. The molecule has 1 heterocycles. The Morgan fingerprint density at radius 3 is 2.59 bits per heavy atom. The highest BCUT2D eigenvalue weighted by atomic mass is 32.2. The lowest BCUT2D eigenvalue weighted by Crippen LogP contribution is -2.34. The van der Waals surface area contributed by atoms with Crippen LogP contribution in [0.1, 0.15) is 37.8 Å². The van der Waals surface area contributed by atoms with Gasteiger partial charge >= 0.3 is 5.97 Å². The number of nitrogens with zero attached hydrogens (tertiary/aromatic N) is 1. The second-order valence-electron chi connectivity index (χ2n) is 8.19. The van der Waals surface area contributed by atoms with Crippen LogP contribution in [0.25, 0.3) is 6.08 Å². The van der Waals surface area contributed by atoms with Gasteiger partial charge in [0.1, 0.15) is 6.54 Å². The number of unbranched alkanes of at least 4 members (excludes halogenated alkanes) is 1. The molecule has 0 aliphatic carbocycles. The van der Waals surface area contributed by atoms with Gasteiger partial charge in [0.2, 0.25) is 0 Å². The second kappa shape index (κ2) is 13.5. The van der Waals surface area contributed by atoms with Crippen LogP contribution in [0.3, 0.4) is 0 Å². The maximum absolute atomic E-state index is 12.7. The zero-order valence-electron chi connectivity index (χ0n) is 21.1. The summed E-state index contributed by atoms with van der Waals surface area (Å²) in [6.07, 6.45) is 3.13. The average Bonchev–Trinajstić information content (AvgIpc) is 3.11. The number of ether oxygens (including phenoxy) is 3. The van der Waals surface area contributed by atoms with Crippen molar-refractivity contribution in [2.75, 3.05) is 31.7 Å². The van der Waals surface area contributed by atoms with Gasteiger partial charge in [0.25, 0.3) is 17.1 Å². The van der Waals surface area contributed by atoms with Crippen LogP contribution < -0.4 is 14.8 Å². The summed E-state index contributed by atoms with van der Waals surface area (Å²) in [4.78, 5) is 50.4. The fourth-order valence-corrected chi connectivity index (χ4v) is 4.20. The van der Waals surface area contributed by atoms with E-state index < -0.39 is 23.7 Å². The van der Waals surface area contributed by atoms with Gasteiger partial charge in [-0.2, -0.15) is 0 Å². The van der Waals surface area contributed by atoms with Crippen molar-refractivity contribution in [1.82, 2.24) is 4.90 Å². The summed E-state index contributed by atoms with van der Waals surface area (Å²) in [5.74, 6) is -0.754. The number of esters is 1. The summed E-state index contributed by atoms with van der Waals surface area (Å²) in [7, 11) is 0. The van der Waals surface area contributed by atoms with E-state index in [-0.39, 0.29) is 24.0 Å². The lowest BCUT2D eigenvalue weighted by molar-refractivity contribution is -0.146. The Balaban J connectivity index is 1.65. The minimum atomic E-state index is -0.622. The highest BCUT2D eigenvalue weighted by Gasteiger charge is 2.36. The van der Waals surface area contributed by atoms with Gasteiger partial charge in [-0.1, -0.05) is 31.5 Å². The number of amides is 3. The standard InChI is InChI=1S/C27H30N2O7S/c1-4-6-12-35-25(31)16-29-26(32)23(37-27(29)33)15-19-10-11-21(22(14-19)34-5-2)36-17-24(30)28-20-9-7-8-18(3)13-20/h7-11,13-15H,4-6,12,16-17H2,1-3H3,(H,28,30)/b23-15+. The molecule has 3 amide bonds. The lowest BCUT2D eigenvalue weighted by Gasteiger charge is -2.13. The van der Waals surface area contributed by atoms with E-state index >= 15 is 0 Å². The Morgan fingerprint density at radius 1 is 1.05 bits per heavy atom. The van der Waals surface area contributed by atoms with Crippen LogP contribution in [0.4, 0.5) is 10.5 Å². The summed E-state index contributed by atoms with van der Waals surface area (Å²) in [5.41, 5.74) is 2.30. The molecule has 3 rings (SSSR count). The van der Waals surface area contributed by atoms with Crippen molar-refractivity contribution in [2.24, 2.45) is 0 Å². The third kappa shape index (κ3) is 8.11. The minimum absolute atomic E-state index is 0.181. The van der Waals surface area contributed by atoms with Gasteiger partial charge in [-0.3, -0.25) is 24.1 Å². The fraction of sp³-hybridized carbons (Fsp3) is 0.333. The first-order valence-corrected chi connectivity index (χ1v) is 12.8. The van der Waals surface area contributed by atoms with E-state index in [1.165, 1.54) is 0 Å². The van der Waals surface area contributed by atoms with Gasteiger partial charge in [-0.15, -0.1) is 0 Å². The number of nitrogens with one attached hydrogen (secondary N) is 1. The molecule has 10 heteroatoms. The van der Waals surface area contributed by atoms with Gasteiger partial charge in [-0.05, 0) is 73.5 Å². The van der Waals surface area contributed by atoms with Crippen molar-refractivity contribution in [3.05, 3.63) is 58.5 Å². The first-order valence-electron chi connectivity index (χ1n) is 12.0. The monoisotopic (exact) mass is 526 g/mol. The molecular formula is C27H30N2O7S. The van der Waals surface area contributed by atoms with Gasteiger partial charge in [0, 0.05) is 5.69 Å². The number of thioether (sulfide) groups is 1. The number of carbonyl (C=O) groups is 4. The summed E-state index contributed by atoms with van der Waals surface area (Å²) < 4.78 is 16.4. The molecule has 0 bridgehead atoms. The highest BCUT2D eigenvalue weighted by Crippen LogP contribution is 2.34. The van der Waals surface area contributed by atoms with Crippen LogP contribution in [-0.4, -0.2) is 54.3 Å². The Hall–Kier alpha value is -3.79. The van der Waals surface area contributed by atoms with Crippen molar-refractivity contribution in [1.29, 1.82) is 0 Å². The number of aryl methyl sites for hydroxylation is 1. The molecule has 0 unspecified atom stereocenters. The van der Waals surface area contributed by atoms with Gasteiger partial charge in [-0.25, -0.2) is 0 Å². The number of carbonyl (C=O) groups excluding carboxylic acids is 4. The van der Waals surface area contributed by atoms with Crippen LogP contribution in [0.15, 0.2) is 47.4 Å². The molecule has 1 aliphatic rings. The Labute approximate surface area is 220 Å². The first kappa shape index (κ1) is 27.8. The first-order chi connectivity index (χ1) is 17.8. The minimum Gasteiger partial charge on any atom is -0.490 e. The Kier molecular flexibility index (Phi) is 10.1. The summed E-state index contributed by atoms with van der Waals surface area (Å²) >= 11 is 0.752. The summed E-state index contributed by atoms with van der Waals surface area (Å²) in [6.45, 7) is 5.68. The number of anilines is 1. The number of benzene rings is 2. The van der Waals surface area contributed by atoms with E-state index in [1.807, 2.05) is 39.0 Å². The summed E-state index contributed by atoms with van der Waals surface area (Å²) in [6, 6.07) is 12.4. The quantitative estimate of drug-likeness (QED) is 0.239. The van der Waals surface area contributed by atoms with Crippen molar-refractivity contribution in [3.63, 3.8) is 0 Å².